The molecule has 0 saturated heterocycles. The molecule has 0 atom stereocenters. The van der Waals surface area contributed by atoms with E-state index in [4.69, 9.17) is 4.74 Å². The van der Waals surface area contributed by atoms with Crippen molar-refractivity contribution in [2.45, 2.75) is 20.3 Å². The van der Waals surface area contributed by atoms with Crippen molar-refractivity contribution in [3.8, 4) is 17.1 Å². The molecule has 114 valence electrons. The highest BCUT2D eigenvalue weighted by Gasteiger charge is 2.11. The zero-order valence-corrected chi connectivity index (χ0v) is 13.0. The molecule has 3 aromatic rings. The molecule has 0 bridgehead atoms. The summed E-state index contributed by atoms with van der Waals surface area (Å²) in [6.45, 7) is 4.97. The summed E-state index contributed by atoms with van der Waals surface area (Å²) in [4.78, 5) is 8.98. The van der Waals surface area contributed by atoms with E-state index < -0.39 is 0 Å². The number of rotatable bonds is 5. The minimum Gasteiger partial charge on any atom is -0.497 e. The summed E-state index contributed by atoms with van der Waals surface area (Å²) in [6, 6.07) is 9.67. The highest BCUT2D eigenvalue weighted by molar-refractivity contribution is 5.59. The number of anilines is 1. The Balaban J connectivity index is 2.04. The topological polar surface area (TPSA) is 64.3 Å². The maximum Gasteiger partial charge on any atom is 0.254 e. The van der Waals surface area contributed by atoms with Gasteiger partial charge in [0.25, 0.3) is 5.78 Å². The van der Waals surface area contributed by atoms with Gasteiger partial charge < -0.3 is 10.1 Å². The van der Waals surface area contributed by atoms with E-state index in [9.17, 15) is 0 Å². The average molecular weight is 297 g/mol. The van der Waals surface area contributed by atoms with E-state index in [-0.39, 0.29) is 0 Å². The van der Waals surface area contributed by atoms with Crippen LogP contribution in [0.15, 0.2) is 30.3 Å². The maximum atomic E-state index is 5.17. The van der Waals surface area contributed by atoms with Gasteiger partial charge in [-0.25, -0.2) is 4.98 Å². The van der Waals surface area contributed by atoms with Gasteiger partial charge >= 0.3 is 0 Å². The smallest absolute Gasteiger partial charge is 0.254 e. The lowest BCUT2D eigenvalue weighted by Crippen LogP contribution is -2.07. The lowest BCUT2D eigenvalue weighted by molar-refractivity contribution is 0.415. The van der Waals surface area contributed by atoms with Gasteiger partial charge in [-0.3, -0.25) is 0 Å². The number of nitrogens with one attached hydrogen (secondary N) is 1. The van der Waals surface area contributed by atoms with Crippen molar-refractivity contribution >= 4 is 11.6 Å². The molecule has 0 aliphatic carbocycles. The summed E-state index contributed by atoms with van der Waals surface area (Å²) < 4.78 is 6.93. The van der Waals surface area contributed by atoms with E-state index in [1.54, 1.807) is 11.6 Å². The van der Waals surface area contributed by atoms with Gasteiger partial charge in [0.2, 0.25) is 0 Å². The second-order valence-electron chi connectivity index (χ2n) is 5.09. The summed E-state index contributed by atoms with van der Waals surface area (Å²) in [6.07, 6.45) is 1.04. The third kappa shape index (κ3) is 2.72. The Kier molecular flexibility index (Phi) is 3.91. The van der Waals surface area contributed by atoms with Crippen molar-refractivity contribution in [3.63, 3.8) is 0 Å². The fourth-order valence-corrected chi connectivity index (χ4v) is 2.23. The van der Waals surface area contributed by atoms with Crippen LogP contribution in [0.5, 0.6) is 5.75 Å². The lowest BCUT2D eigenvalue weighted by Gasteiger charge is -2.06. The van der Waals surface area contributed by atoms with Gasteiger partial charge in [-0.05, 0) is 37.6 Å². The van der Waals surface area contributed by atoms with Crippen LogP contribution in [-0.2, 0) is 0 Å². The molecular formula is C16H19N5O. The minimum atomic E-state index is 0.601. The fourth-order valence-electron chi connectivity index (χ4n) is 2.23. The molecule has 6 nitrogen and oxygen atoms in total. The fraction of sp³-hybridized carbons (Fsp3) is 0.312. The summed E-state index contributed by atoms with van der Waals surface area (Å²) in [5, 5.41) is 7.93. The van der Waals surface area contributed by atoms with E-state index in [2.05, 4.69) is 27.3 Å². The second kappa shape index (κ2) is 6.01. The molecule has 1 aromatic carbocycles. The number of fused-ring (bicyclic) bond motifs is 1. The van der Waals surface area contributed by atoms with E-state index in [1.807, 2.05) is 37.3 Å². The third-order valence-corrected chi connectivity index (χ3v) is 3.34. The molecule has 22 heavy (non-hydrogen) atoms. The van der Waals surface area contributed by atoms with E-state index in [0.29, 0.717) is 11.6 Å². The molecule has 0 aliphatic rings. The third-order valence-electron chi connectivity index (χ3n) is 3.34. The zero-order valence-electron chi connectivity index (χ0n) is 13.0. The molecule has 6 heteroatoms. The predicted octanol–water partition coefficient (Wildman–Crippen LogP) is 2.93. The largest absolute Gasteiger partial charge is 0.497 e. The van der Waals surface area contributed by atoms with Crippen LogP contribution in [0.4, 0.5) is 5.82 Å². The summed E-state index contributed by atoms with van der Waals surface area (Å²) in [5.74, 6) is 2.98. The Morgan fingerprint density at radius 1 is 1.18 bits per heavy atom. The molecule has 1 N–H and O–H groups in total. The van der Waals surface area contributed by atoms with Crippen LogP contribution in [0.3, 0.4) is 0 Å². The number of nitrogens with zero attached hydrogens (tertiary/aromatic N) is 4. The highest BCUT2D eigenvalue weighted by Crippen LogP contribution is 2.21. The molecule has 2 aromatic heterocycles. The van der Waals surface area contributed by atoms with Gasteiger partial charge in [0.1, 0.15) is 11.6 Å². The normalized spacial score (nSPS) is 10.9. The molecule has 0 fully saturated rings. The van der Waals surface area contributed by atoms with Crippen molar-refractivity contribution in [1.29, 1.82) is 0 Å². The Morgan fingerprint density at radius 3 is 2.64 bits per heavy atom. The second-order valence-corrected chi connectivity index (χ2v) is 5.09. The number of aryl methyl sites for hydroxylation is 1. The Morgan fingerprint density at radius 2 is 1.95 bits per heavy atom. The van der Waals surface area contributed by atoms with Crippen LogP contribution in [-0.4, -0.2) is 33.2 Å². The molecular weight excluding hydrogens is 278 g/mol. The summed E-state index contributed by atoms with van der Waals surface area (Å²) >= 11 is 0. The number of methoxy groups -OCH3 is 1. The van der Waals surface area contributed by atoms with Gasteiger partial charge in [0, 0.05) is 23.9 Å². The van der Waals surface area contributed by atoms with Gasteiger partial charge in [0.05, 0.1) is 7.11 Å². The van der Waals surface area contributed by atoms with Gasteiger partial charge in [-0.15, -0.1) is 5.10 Å². The Hall–Kier alpha value is -2.63. The molecule has 0 radical (unpaired) electrons. The molecule has 0 aliphatic heterocycles. The van der Waals surface area contributed by atoms with Gasteiger partial charge in [-0.2, -0.15) is 9.50 Å². The van der Waals surface area contributed by atoms with Crippen LogP contribution in [0.1, 0.15) is 19.0 Å². The van der Waals surface area contributed by atoms with Gasteiger partial charge in [-0.1, -0.05) is 6.92 Å². The van der Waals surface area contributed by atoms with Crippen molar-refractivity contribution in [2.24, 2.45) is 0 Å². The first kappa shape index (κ1) is 14.3. The predicted molar refractivity (Wildman–Crippen MR) is 86.3 cm³/mol. The first-order valence-electron chi connectivity index (χ1n) is 7.34. The molecule has 2 heterocycles. The lowest BCUT2D eigenvalue weighted by atomic mass is 10.2. The SMILES string of the molecule is CCCNc1cc(C)nc2nc(-c3ccc(OC)cc3)nn12. The highest BCUT2D eigenvalue weighted by atomic mass is 16.5. The van der Waals surface area contributed by atoms with Crippen molar-refractivity contribution in [2.75, 3.05) is 19.0 Å². The number of hydrogen-bond acceptors (Lipinski definition) is 5. The average Bonchev–Trinajstić information content (AvgIpc) is 2.96. The van der Waals surface area contributed by atoms with Crippen LogP contribution >= 0.6 is 0 Å². The number of ether oxygens (including phenoxy) is 1. The minimum absolute atomic E-state index is 0.601. The number of hydrogen-bond donors (Lipinski definition) is 1. The molecule has 0 saturated carbocycles. The number of aromatic nitrogens is 4. The molecule has 0 spiro atoms. The molecule has 0 unspecified atom stereocenters. The Bertz CT molecular complexity index is 779. The first-order chi connectivity index (χ1) is 10.7. The van der Waals surface area contributed by atoms with E-state index in [0.717, 1.165) is 35.8 Å². The standard InChI is InChI=1S/C16H19N5O/c1-4-9-17-14-10-11(2)18-16-19-15(20-21(14)16)12-5-7-13(22-3)8-6-12/h5-8,10,17H,4,9H2,1-3H3. The first-order valence-corrected chi connectivity index (χ1v) is 7.34. The van der Waals surface area contributed by atoms with E-state index >= 15 is 0 Å². The Labute approximate surface area is 129 Å². The van der Waals surface area contributed by atoms with Crippen LogP contribution in [0, 0.1) is 6.92 Å². The van der Waals surface area contributed by atoms with Crippen molar-refractivity contribution in [1.82, 2.24) is 19.6 Å². The summed E-state index contributed by atoms with van der Waals surface area (Å²) in [7, 11) is 1.65. The zero-order chi connectivity index (χ0) is 15.5. The van der Waals surface area contributed by atoms with E-state index in [1.165, 1.54) is 0 Å². The molecule has 3 rings (SSSR count). The van der Waals surface area contributed by atoms with Crippen molar-refractivity contribution < 1.29 is 4.74 Å². The quantitative estimate of drug-likeness (QED) is 0.784. The monoisotopic (exact) mass is 297 g/mol. The summed E-state index contributed by atoms with van der Waals surface area (Å²) in [5.41, 5.74) is 1.85. The maximum absolute atomic E-state index is 5.17. The molecule has 0 amide bonds. The number of benzene rings is 1. The van der Waals surface area contributed by atoms with Crippen LogP contribution in [0.25, 0.3) is 17.2 Å². The van der Waals surface area contributed by atoms with Crippen LogP contribution < -0.4 is 10.1 Å². The van der Waals surface area contributed by atoms with Gasteiger partial charge in [0.15, 0.2) is 5.82 Å². The van der Waals surface area contributed by atoms with Crippen molar-refractivity contribution in [3.05, 3.63) is 36.0 Å². The van der Waals surface area contributed by atoms with Crippen LogP contribution in [0.2, 0.25) is 0 Å².